The summed E-state index contributed by atoms with van der Waals surface area (Å²) in [7, 11) is 0. The lowest BCUT2D eigenvalue weighted by Crippen LogP contribution is -2.00. The predicted molar refractivity (Wildman–Crippen MR) is 100 cm³/mol. The predicted octanol–water partition coefficient (Wildman–Crippen LogP) is 5.44. The van der Waals surface area contributed by atoms with Gasteiger partial charge in [-0.3, -0.25) is 0 Å². The highest BCUT2D eigenvalue weighted by Crippen LogP contribution is 2.17. The van der Waals surface area contributed by atoms with Gasteiger partial charge in [0.05, 0.1) is 0 Å². The van der Waals surface area contributed by atoms with Crippen molar-refractivity contribution in [2.45, 2.75) is 26.5 Å². The first-order valence-electron chi connectivity index (χ1n) is 8.42. The first-order valence-corrected chi connectivity index (χ1v) is 8.42. The van der Waals surface area contributed by atoms with Gasteiger partial charge in [-0.05, 0) is 47.4 Å². The van der Waals surface area contributed by atoms with E-state index in [4.69, 9.17) is 4.74 Å². The number of hydrogen-bond acceptors (Lipinski definition) is 2. The average molecular weight is 317 g/mol. The summed E-state index contributed by atoms with van der Waals surface area (Å²) in [5.74, 6) is 0.902. The fourth-order valence-electron chi connectivity index (χ4n) is 2.55. The lowest BCUT2D eigenvalue weighted by atomic mass is 10.1. The van der Waals surface area contributed by atoms with E-state index in [1.165, 1.54) is 16.7 Å². The van der Waals surface area contributed by atoms with E-state index in [1.54, 1.807) is 0 Å². The maximum atomic E-state index is 5.89. The summed E-state index contributed by atoms with van der Waals surface area (Å²) in [6, 6.07) is 27.1. The Kier molecular flexibility index (Phi) is 5.52. The Hall–Kier alpha value is -2.74. The molecule has 0 aromatic heterocycles. The SMILES string of the molecule is CCc1ccc(NCc2cccc(OCc3ccccc3)c2)cc1. The Morgan fingerprint density at radius 1 is 0.750 bits per heavy atom. The fourth-order valence-corrected chi connectivity index (χ4v) is 2.55. The first-order chi connectivity index (χ1) is 11.8. The molecule has 0 heterocycles. The van der Waals surface area contributed by atoms with Gasteiger partial charge in [0.1, 0.15) is 12.4 Å². The van der Waals surface area contributed by atoms with Crippen LogP contribution in [0.5, 0.6) is 5.75 Å². The Balaban J connectivity index is 1.56. The van der Waals surface area contributed by atoms with Crippen LogP contribution in [-0.2, 0) is 19.6 Å². The highest BCUT2D eigenvalue weighted by Gasteiger charge is 1.99. The van der Waals surface area contributed by atoms with Gasteiger partial charge in [0, 0.05) is 12.2 Å². The molecule has 2 nitrogen and oxygen atoms in total. The van der Waals surface area contributed by atoms with Crippen LogP contribution in [0.3, 0.4) is 0 Å². The number of ether oxygens (including phenoxy) is 1. The average Bonchev–Trinajstić information content (AvgIpc) is 2.66. The molecule has 0 bridgehead atoms. The van der Waals surface area contributed by atoms with E-state index in [0.717, 1.165) is 24.4 Å². The topological polar surface area (TPSA) is 21.3 Å². The van der Waals surface area contributed by atoms with Gasteiger partial charge in [-0.25, -0.2) is 0 Å². The van der Waals surface area contributed by atoms with Gasteiger partial charge in [-0.2, -0.15) is 0 Å². The monoisotopic (exact) mass is 317 g/mol. The zero-order valence-electron chi connectivity index (χ0n) is 14.0. The van der Waals surface area contributed by atoms with Crippen LogP contribution in [0.4, 0.5) is 5.69 Å². The van der Waals surface area contributed by atoms with E-state index in [2.05, 4.69) is 60.8 Å². The minimum absolute atomic E-state index is 0.593. The molecule has 0 fully saturated rings. The number of aryl methyl sites for hydroxylation is 1. The Bertz CT molecular complexity index is 750. The first kappa shape index (κ1) is 16.1. The largest absolute Gasteiger partial charge is 0.489 e. The molecule has 3 aromatic rings. The van der Waals surface area contributed by atoms with Crippen LogP contribution in [-0.4, -0.2) is 0 Å². The van der Waals surface area contributed by atoms with E-state index in [9.17, 15) is 0 Å². The third kappa shape index (κ3) is 4.63. The van der Waals surface area contributed by atoms with Gasteiger partial charge in [0.25, 0.3) is 0 Å². The minimum Gasteiger partial charge on any atom is -0.489 e. The second kappa shape index (κ2) is 8.21. The number of anilines is 1. The molecular weight excluding hydrogens is 294 g/mol. The smallest absolute Gasteiger partial charge is 0.120 e. The Morgan fingerprint density at radius 2 is 1.50 bits per heavy atom. The molecule has 0 saturated heterocycles. The highest BCUT2D eigenvalue weighted by molar-refractivity contribution is 5.45. The van der Waals surface area contributed by atoms with Crippen molar-refractivity contribution in [3.05, 3.63) is 95.6 Å². The van der Waals surface area contributed by atoms with E-state index in [1.807, 2.05) is 30.3 Å². The number of rotatable bonds is 7. The molecule has 0 radical (unpaired) electrons. The van der Waals surface area contributed by atoms with Crippen LogP contribution in [0.15, 0.2) is 78.9 Å². The summed E-state index contributed by atoms with van der Waals surface area (Å²) in [5, 5.41) is 3.46. The second-order valence-electron chi connectivity index (χ2n) is 5.83. The summed E-state index contributed by atoms with van der Waals surface area (Å²) >= 11 is 0. The number of hydrogen-bond donors (Lipinski definition) is 1. The zero-order chi connectivity index (χ0) is 16.6. The molecule has 3 aromatic carbocycles. The molecule has 0 unspecified atom stereocenters. The summed E-state index contributed by atoms with van der Waals surface area (Å²) in [5.41, 5.74) is 4.89. The van der Waals surface area contributed by atoms with E-state index in [-0.39, 0.29) is 0 Å². The molecule has 0 aliphatic carbocycles. The molecule has 0 saturated carbocycles. The van der Waals surface area contributed by atoms with Crippen molar-refractivity contribution in [2.75, 3.05) is 5.32 Å². The summed E-state index contributed by atoms with van der Waals surface area (Å²) in [6.45, 7) is 3.55. The van der Waals surface area contributed by atoms with Gasteiger partial charge in [-0.1, -0.05) is 61.5 Å². The van der Waals surface area contributed by atoms with Crippen molar-refractivity contribution in [1.82, 2.24) is 0 Å². The van der Waals surface area contributed by atoms with Crippen molar-refractivity contribution < 1.29 is 4.74 Å². The van der Waals surface area contributed by atoms with Gasteiger partial charge in [-0.15, -0.1) is 0 Å². The van der Waals surface area contributed by atoms with E-state index in [0.29, 0.717) is 6.61 Å². The number of nitrogens with one attached hydrogen (secondary N) is 1. The molecule has 2 heteroatoms. The zero-order valence-corrected chi connectivity index (χ0v) is 14.0. The molecular formula is C22H23NO. The third-order valence-corrected chi connectivity index (χ3v) is 4.01. The lowest BCUT2D eigenvalue weighted by Gasteiger charge is -2.10. The summed E-state index contributed by atoms with van der Waals surface area (Å²) in [6.07, 6.45) is 1.07. The fraction of sp³-hybridized carbons (Fsp3) is 0.182. The molecule has 0 aliphatic rings. The summed E-state index contributed by atoms with van der Waals surface area (Å²) in [4.78, 5) is 0. The highest BCUT2D eigenvalue weighted by atomic mass is 16.5. The van der Waals surface area contributed by atoms with Crippen LogP contribution >= 0.6 is 0 Å². The summed E-state index contributed by atoms with van der Waals surface area (Å²) < 4.78 is 5.89. The van der Waals surface area contributed by atoms with Crippen molar-refractivity contribution in [2.24, 2.45) is 0 Å². The van der Waals surface area contributed by atoms with Crippen molar-refractivity contribution >= 4 is 5.69 Å². The maximum absolute atomic E-state index is 5.89. The number of benzene rings is 3. The van der Waals surface area contributed by atoms with Gasteiger partial charge in [0.15, 0.2) is 0 Å². The van der Waals surface area contributed by atoms with Crippen molar-refractivity contribution in [3.63, 3.8) is 0 Å². The molecule has 122 valence electrons. The standard InChI is InChI=1S/C22H23NO/c1-2-18-11-13-21(14-12-18)23-16-20-9-6-10-22(15-20)24-17-19-7-4-3-5-8-19/h3-15,23H,2,16-17H2,1H3. The lowest BCUT2D eigenvalue weighted by molar-refractivity contribution is 0.306. The molecule has 1 N–H and O–H groups in total. The van der Waals surface area contributed by atoms with Gasteiger partial charge in [0.2, 0.25) is 0 Å². The van der Waals surface area contributed by atoms with Gasteiger partial charge < -0.3 is 10.1 Å². The molecule has 0 aliphatic heterocycles. The van der Waals surface area contributed by atoms with E-state index < -0.39 is 0 Å². The van der Waals surface area contributed by atoms with Crippen molar-refractivity contribution in [3.8, 4) is 5.75 Å². The van der Waals surface area contributed by atoms with Crippen molar-refractivity contribution in [1.29, 1.82) is 0 Å². The van der Waals surface area contributed by atoms with Crippen LogP contribution in [0.2, 0.25) is 0 Å². The van der Waals surface area contributed by atoms with E-state index >= 15 is 0 Å². The Morgan fingerprint density at radius 3 is 2.25 bits per heavy atom. The quantitative estimate of drug-likeness (QED) is 0.626. The normalized spacial score (nSPS) is 10.4. The molecule has 0 spiro atoms. The van der Waals surface area contributed by atoms with Crippen LogP contribution < -0.4 is 10.1 Å². The van der Waals surface area contributed by atoms with Crippen LogP contribution in [0, 0.1) is 0 Å². The van der Waals surface area contributed by atoms with Crippen LogP contribution in [0.25, 0.3) is 0 Å². The molecule has 0 atom stereocenters. The second-order valence-corrected chi connectivity index (χ2v) is 5.83. The third-order valence-electron chi connectivity index (χ3n) is 4.01. The molecule has 0 amide bonds. The molecule has 3 rings (SSSR count). The Labute approximate surface area is 144 Å². The van der Waals surface area contributed by atoms with Gasteiger partial charge >= 0.3 is 0 Å². The van der Waals surface area contributed by atoms with Crippen LogP contribution in [0.1, 0.15) is 23.6 Å². The maximum Gasteiger partial charge on any atom is 0.120 e. The molecule has 24 heavy (non-hydrogen) atoms. The minimum atomic E-state index is 0.593.